The minimum atomic E-state index is -0.135. The van der Waals surface area contributed by atoms with E-state index in [1.165, 1.54) is 0 Å². The maximum atomic E-state index is 12.5. The lowest BCUT2D eigenvalue weighted by Crippen LogP contribution is -2.11. The molecule has 0 saturated carbocycles. The van der Waals surface area contributed by atoms with Gasteiger partial charge in [-0.3, -0.25) is 4.79 Å². The van der Waals surface area contributed by atoms with Crippen molar-refractivity contribution in [3.8, 4) is 11.5 Å². The van der Waals surface area contributed by atoms with E-state index in [0.717, 1.165) is 10.1 Å². The van der Waals surface area contributed by atoms with Crippen LogP contribution in [0.3, 0.4) is 0 Å². The topological polar surface area (TPSA) is 47.6 Å². The van der Waals surface area contributed by atoms with Gasteiger partial charge in [-0.2, -0.15) is 0 Å². The number of hydrogen-bond donors (Lipinski definition) is 1. The van der Waals surface area contributed by atoms with Gasteiger partial charge in [0.2, 0.25) is 0 Å². The average molecular weight is 313 g/mol. The Morgan fingerprint density at radius 1 is 1.05 bits per heavy atom. The first-order valence-electron chi connectivity index (χ1n) is 6.72. The third-order valence-electron chi connectivity index (χ3n) is 3.37. The van der Waals surface area contributed by atoms with E-state index in [1.807, 2.05) is 29.6 Å². The third-order valence-corrected chi connectivity index (χ3v) is 4.33. The van der Waals surface area contributed by atoms with Crippen molar-refractivity contribution in [3.63, 3.8) is 0 Å². The number of hydrogen-bond acceptors (Lipinski definition) is 4. The molecule has 0 bridgehead atoms. The number of carbonyl (C=O) groups is 1. The molecule has 3 aromatic rings. The van der Waals surface area contributed by atoms with E-state index in [1.54, 1.807) is 43.8 Å². The predicted octanol–water partition coefficient (Wildman–Crippen LogP) is 4.17. The van der Waals surface area contributed by atoms with Crippen molar-refractivity contribution in [2.75, 3.05) is 19.5 Å². The molecular formula is C17H15NO3S. The van der Waals surface area contributed by atoms with Gasteiger partial charge in [-0.05, 0) is 18.2 Å². The van der Waals surface area contributed by atoms with Crippen LogP contribution in [0.15, 0.2) is 47.8 Å². The highest BCUT2D eigenvalue weighted by atomic mass is 32.1. The Morgan fingerprint density at radius 2 is 1.82 bits per heavy atom. The summed E-state index contributed by atoms with van der Waals surface area (Å²) in [6, 6.07) is 13.2. The number of thiophene rings is 1. The molecular weight excluding hydrogens is 298 g/mol. The SMILES string of the molecule is COc1ccc(NC(=O)c2csc3ccccc23)cc1OC. The number of fused-ring (bicyclic) bond motifs is 1. The molecule has 1 N–H and O–H groups in total. The van der Waals surface area contributed by atoms with Crippen LogP contribution in [0.2, 0.25) is 0 Å². The zero-order chi connectivity index (χ0) is 15.5. The molecule has 22 heavy (non-hydrogen) atoms. The minimum absolute atomic E-state index is 0.135. The first-order valence-corrected chi connectivity index (χ1v) is 7.60. The molecule has 3 rings (SSSR count). The molecule has 1 amide bonds. The Balaban J connectivity index is 1.88. The summed E-state index contributed by atoms with van der Waals surface area (Å²) in [4.78, 5) is 12.5. The Hall–Kier alpha value is -2.53. The van der Waals surface area contributed by atoms with Crippen LogP contribution in [0.5, 0.6) is 11.5 Å². The van der Waals surface area contributed by atoms with Crippen molar-refractivity contribution in [1.29, 1.82) is 0 Å². The monoisotopic (exact) mass is 313 g/mol. The number of anilines is 1. The minimum Gasteiger partial charge on any atom is -0.493 e. The standard InChI is InChI=1S/C17H15NO3S/c1-20-14-8-7-11(9-15(14)21-2)18-17(19)13-10-22-16-6-4-3-5-12(13)16/h3-10H,1-2H3,(H,18,19). The molecule has 0 aliphatic rings. The maximum absolute atomic E-state index is 12.5. The van der Waals surface area contributed by atoms with E-state index >= 15 is 0 Å². The summed E-state index contributed by atoms with van der Waals surface area (Å²) in [6.45, 7) is 0. The van der Waals surface area contributed by atoms with Gasteiger partial charge in [-0.15, -0.1) is 11.3 Å². The van der Waals surface area contributed by atoms with Crippen molar-refractivity contribution in [3.05, 3.63) is 53.4 Å². The number of rotatable bonds is 4. The highest BCUT2D eigenvalue weighted by molar-refractivity contribution is 7.17. The number of carbonyl (C=O) groups excluding carboxylic acids is 1. The largest absolute Gasteiger partial charge is 0.493 e. The second-order valence-electron chi connectivity index (χ2n) is 4.67. The van der Waals surface area contributed by atoms with Gasteiger partial charge in [0, 0.05) is 27.2 Å². The number of benzene rings is 2. The van der Waals surface area contributed by atoms with E-state index in [9.17, 15) is 4.79 Å². The van der Waals surface area contributed by atoms with Gasteiger partial charge in [0.25, 0.3) is 5.91 Å². The second-order valence-corrected chi connectivity index (χ2v) is 5.58. The van der Waals surface area contributed by atoms with E-state index in [0.29, 0.717) is 22.7 Å². The molecule has 2 aromatic carbocycles. The lowest BCUT2D eigenvalue weighted by molar-refractivity contribution is 0.102. The lowest BCUT2D eigenvalue weighted by Gasteiger charge is -2.10. The fourth-order valence-corrected chi connectivity index (χ4v) is 3.21. The van der Waals surface area contributed by atoms with Gasteiger partial charge in [0.05, 0.1) is 19.8 Å². The molecule has 112 valence electrons. The molecule has 1 aromatic heterocycles. The first-order chi connectivity index (χ1) is 10.7. The Kier molecular flexibility index (Phi) is 3.98. The number of ether oxygens (including phenoxy) is 2. The van der Waals surface area contributed by atoms with Crippen LogP contribution in [0.25, 0.3) is 10.1 Å². The molecule has 4 nitrogen and oxygen atoms in total. The van der Waals surface area contributed by atoms with Crippen LogP contribution in [-0.2, 0) is 0 Å². The molecule has 0 atom stereocenters. The van der Waals surface area contributed by atoms with E-state index in [4.69, 9.17) is 9.47 Å². The van der Waals surface area contributed by atoms with Gasteiger partial charge in [0.1, 0.15) is 0 Å². The summed E-state index contributed by atoms with van der Waals surface area (Å²) in [5.74, 6) is 1.07. The summed E-state index contributed by atoms with van der Waals surface area (Å²) >= 11 is 1.56. The highest BCUT2D eigenvalue weighted by Gasteiger charge is 2.13. The van der Waals surface area contributed by atoms with Crippen molar-refractivity contribution in [2.45, 2.75) is 0 Å². The van der Waals surface area contributed by atoms with Gasteiger partial charge < -0.3 is 14.8 Å². The van der Waals surface area contributed by atoms with Crippen molar-refractivity contribution >= 4 is 33.0 Å². The van der Waals surface area contributed by atoms with E-state index in [2.05, 4.69) is 5.32 Å². The summed E-state index contributed by atoms with van der Waals surface area (Å²) in [5.41, 5.74) is 1.34. The Labute approximate surface area is 132 Å². The summed E-state index contributed by atoms with van der Waals surface area (Å²) in [5, 5.41) is 5.73. The average Bonchev–Trinajstić information content (AvgIpc) is 2.98. The van der Waals surface area contributed by atoms with Gasteiger partial charge >= 0.3 is 0 Å². The summed E-state index contributed by atoms with van der Waals surface area (Å²) in [7, 11) is 3.14. The zero-order valence-corrected chi connectivity index (χ0v) is 13.1. The second kappa shape index (κ2) is 6.07. The lowest BCUT2D eigenvalue weighted by atomic mass is 10.1. The molecule has 0 unspecified atom stereocenters. The smallest absolute Gasteiger partial charge is 0.257 e. The van der Waals surface area contributed by atoms with Gasteiger partial charge in [0.15, 0.2) is 11.5 Å². The van der Waals surface area contributed by atoms with Crippen molar-refractivity contribution in [1.82, 2.24) is 0 Å². The quantitative estimate of drug-likeness (QED) is 0.786. The fraction of sp³-hybridized carbons (Fsp3) is 0.118. The van der Waals surface area contributed by atoms with Crippen LogP contribution in [0, 0.1) is 0 Å². The van der Waals surface area contributed by atoms with E-state index in [-0.39, 0.29) is 5.91 Å². The van der Waals surface area contributed by atoms with Crippen LogP contribution in [-0.4, -0.2) is 20.1 Å². The molecule has 0 radical (unpaired) electrons. The van der Waals surface area contributed by atoms with Crippen LogP contribution in [0.1, 0.15) is 10.4 Å². The van der Waals surface area contributed by atoms with Gasteiger partial charge in [-0.1, -0.05) is 18.2 Å². The van der Waals surface area contributed by atoms with E-state index < -0.39 is 0 Å². The first kappa shape index (κ1) is 14.4. The zero-order valence-electron chi connectivity index (χ0n) is 12.3. The maximum Gasteiger partial charge on any atom is 0.257 e. The Morgan fingerprint density at radius 3 is 2.59 bits per heavy atom. The molecule has 0 aliphatic heterocycles. The molecule has 0 spiro atoms. The molecule has 5 heteroatoms. The summed E-state index contributed by atoms with van der Waals surface area (Å²) in [6.07, 6.45) is 0. The van der Waals surface area contributed by atoms with Crippen molar-refractivity contribution < 1.29 is 14.3 Å². The van der Waals surface area contributed by atoms with Crippen LogP contribution < -0.4 is 14.8 Å². The molecule has 1 heterocycles. The molecule has 0 saturated heterocycles. The normalized spacial score (nSPS) is 10.5. The van der Waals surface area contributed by atoms with Crippen LogP contribution in [0.4, 0.5) is 5.69 Å². The highest BCUT2D eigenvalue weighted by Crippen LogP contribution is 2.31. The third kappa shape index (κ3) is 2.63. The molecule has 0 fully saturated rings. The van der Waals surface area contributed by atoms with Crippen molar-refractivity contribution in [2.24, 2.45) is 0 Å². The fourth-order valence-electron chi connectivity index (χ4n) is 2.27. The van der Waals surface area contributed by atoms with Crippen LogP contribution >= 0.6 is 11.3 Å². The molecule has 0 aliphatic carbocycles. The number of methoxy groups -OCH3 is 2. The number of nitrogens with one attached hydrogen (secondary N) is 1. The predicted molar refractivity (Wildman–Crippen MR) is 89.3 cm³/mol. The van der Waals surface area contributed by atoms with Gasteiger partial charge in [-0.25, -0.2) is 0 Å². The Bertz CT molecular complexity index is 826. The summed E-state index contributed by atoms with van der Waals surface area (Å²) < 4.78 is 11.5. The number of amides is 1.